The van der Waals surface area contributed by atoms with Gasteiger partial charge in [0.25, 0.3) is 0 Å². The number of hydrogen-bond acceptors (Lipinski definition) is 3. The Morgan fingerprint density at radius 1 is 1.21 bits per heavy atom. The van der Waals surface area contributed by atoms with Gasteiger partial charge in [0, 0.05) is 23.1 Å². The number of pyridine rings is 1. The first kappa shape index (κ1) is 19.0. The standard InChI is InChI=1S/C24H30N2O2/c1-4-19(23(27)26-22-8-6-17(3)14-25-22)18-9-11-24(12-10-18)15-28-21-13-16(2)5-7-20(21)24/h5-8,13-14,18-19H,4,9-12,15H2,1-3H3,(H,25,26,27)/t18?,19-,24?/m0/s1. The Balaban J connectivity index is 1.42. The third-order valence-corrected chi connectivity index (χ3v) is 6.71. The topological polar surface area (TPSA) is 51.2 Å². The fraction of sp³-hybridized carbons (Fsp3) is 0.500. The lowest BCUT2D eigenvalue weighted by Gasteiger charge is -2.38. The monoisotopic (exact) mass is 378 g/mol. The van der Waals surface area contributed by atoms with E-state index in [0.717, 1.165) is 50.0 Å². The lowest BCUT2D eigenvalue weighted by atomic mass is 9.65. The smallest absolute Gasteiger partial charge is 0.228 e. The SMILES string of the molecule is CC[C@H](C(=O)Nc1ccc(C)cn1)C1CCC2(CC1)COc1cc(C)ccc12. The summed E-state index contributed by atoms with van der Waals surface area (Å²) in [6.45, 7) is 7.01. The van der Waals surface area contributed by atoms with Crippen LogP contribution in [-0.4, -0.2) is 17.5 Å². The molecule has 148 valence electrons. The van der Waals surface area contributed by atoms with Crippen molar-refractivity contribution in [1.29, 1.82) is 0 Å². The number of amides is 1. The third-order valence-electron chi connectivity index (χ3n) is 6.71. The molecule has 0 bridgehead atoms. The molecule has 1 fully saturated rings. The van der Waals surface area contributed by atoms with Crippen molar-refractivity contribution >= 4 is 11.7 Å². The molecule has 0 saturated heterocycles. The molecule has 1 aromatic heterocycles. The number of fused-ring (bicyclic) bond motifs is 2. The summed E-state index contributed by atoms with van der Waals surface area (Å²) in [4.78, 5) is 17.2. The number of ether oxygens (including phenoxy) is 1. The van der Waals surface area contributed by atoms with E-state index in [0.29, 0.717) is 11.7 Å². The Morgan fingerprint density at radius 3 is 2.64 bits per heavy atom. The van der Waals surface area contributed by atoms with Crippen molar-refractivity contribution in [2.24, 2.45) is 11.8 Å². The number of nitrogens with one attached hydrogen (secondary N) is 1. The molecule has 1 aromatic carbocycles. The highest BCUT2D eigenvalue weighted by atomic mass is 16.5. The summed E-state index contributed by atoms with van der Waals surface area (Å²) in [5.41, 5.74) is 3.86. The van der Waals surface area contributed by atoms with E-state index in [9.17, 15) is 4.79 Å². The number of aryl methyl sites for hydroxylation is 2. The van der Waals surface area contributed by atoms with Gasteiger partial charge in [-0.1, -0.05) is 25.1 Å². The van der Waals surface area contributed by atoms with Crippen molar-refractivity contribution in [3.8, 4) is 5.75 Å². The minimum Gasteiger partial charge on any atom is -0.492 e. The molecule has 0 unspecified atom stereocenters. The highest BCUT2D eigenvalue weighted by Gasteiger charge is 2.45. The van der Waals surface area contributed by atoms with Crippen LogP contribution in [-0.2, 0) is 10.2 Å². The van der Waals surface area contributed by atoms with Crippen LogP contribution in [0.2, 0.25) is 0 Å². The first-order valence-corrected chi connectivity index (χ1v) is 10.5. The molecule has 4 rings (SSSR count). The molecule has 1 N–H and O–H groups in total. The van der Waals surface area contributed by atoms with Gasteiger partial charge in [-0.25, -0.2) is 4.98 Å². The molecule has 1 spiro atoms. The second kappa shape index (κ2) is 7.57. The predicted octanol–water partition coefficient (Wildman–Crippen LogP) is 5.18. The highest BCUT2D eigenvalue weighted by Crippen LogP contribution is 2.50. The van der Waals surface area contributed by atoms with Crippen molar-refractivity contribution in [2.45, 2.75) is 58.3 Å². The fourth-order valence-electron chi connectivity index (χ4n) is 4.98. The van der Waals surface area contributed by atoms with E-state index in [1.54, 1.807) is 6.20 Å². The molecule has 2 aromatic rings. The summed E-state index contributed by atoms with van der Waals surface area (Å²) in [6, 6.07) is 10.5. The maximum Gasteiger partial charge on any atom is 0.228 e. The van der Waals surface area contributed by atoms with E-state index in [2.05, 4.69) is 42.3 Å². The van der Waals surface area contributed by atoms with Gasteiger partial charge in [-0.3, -0.25) is 4.79 Å². The van der Waals surface area contributed by atoms with Crippen molar-refractivity contribution in [1.82, 2.24) is 4.98 Å². The van der Waals surface area contributed by atoms with Gasteiger partial charge in [0.1, 0.15) is 11.6 Å². The molecule has 2 aliphatic rings. The summed E-state index contributed by atoms with van der Waals surface area (Å²) >= 11 is 0. The van der Waals surface area contributed by atoms with E-state index in [-0.39, 0.29) is 17.2 Å². The minimum atomic E-state index is 0.0419. The molecule has 28 heavy (non-hydrogen) atoms. The summed E-state index contributed by atoms with van der Waals surface area (Å²) in [5, 5.41) is 3.03. The lowest BCUT2D eigenvalue weighted by molar-refractivity contribution is -0.122. The Morgan fingerprint density at radius 2 is 1.96 bits per heavy atom. The van der Waals surface area contributed by atoms with E-state index in [4.69, 9.17) is 4.74 Å². The second-order valence-electron chi connectivity index (χ2n) is 8.63. The number of nitrogens with zero attached hydrogens (tertiary/aromatic N) is 1. The zero-order valence-electron chi connectivity index (χ0n) is 17.1. The van der Waals surface area contributed by atoms with E-state index >= 15 is 0 Å². The zero-order valence-corrected chi connectivity index (χ0v) is 17.1. The van der Waals surface area contributed by atoms with Crippen molar-refractivity contribution in [3.05, 3.63) is 53.2 Å². The highest BCUT2D eigenvalue weighted by molar-refractivity contribution is 5.91. The Hall–Kier alpha value is -2.36. The first-order valence-electron chi connectivity index (χ1n) is 10.5. The molecule has 1 aliphatic heterocycles. The van der Waals surface area contributed by atoms with Gasteiger partial charge >= 0.3 is 0 Å². The van der Waals surface area contributed by atoms with Crippen LogP contribution in [0.3, 0.4) is 0 Å². The minimum absolute atomic E-state index is 0.0419. The molecule has 1 atom stereocenters. The number of rotatable bonds is 4. The van der Waals surface area contributed by atoms with Crippen LogP contribution in [0.15, 0.2) is 36.5 Å². The average Bonchev–Trinajstić information content (AvgIpc) is 3.03. The predicted molar refractivity (Wildman–Crippen MR) is 112 cm³/mol. The third kappa shape index (κ3) is 3.52. The summed E-state index contributed by atoms with van der Waals surface area (Å²) in [7, 11) is 0. The van der Waals surface area contributed by atoms with Gasteiger partial charge in [0.05, 0.1) is 6.61 Å². The van der Waals surface area contributed by atoms with E-state index in [1.165, 1.54) is 11.1 Å². The number of benzene rings is 1. The van der Waals surface area contributed by atoms with Crippen molar-refractivity contribution < 1.29 is 9.53 Å². The molecule has 1 aliphatic carbocycles. The fourth-order valence-corrected chi connectivity index (χ4v) is 4.98. The zero-order chi connectivity index (χ0) is 19.7. The van der Waals surface area contributed by atoms with Crippen LogP contribution in [0, 0.1) is 25.7 Å². The Kier molecular flexibility index (Phi) is 5.13. The lowest BCUT2D eigenvalue weighted by Crippen LogP contribution is -2.38. The summed E-state index contributed by atoms with van der Waals surface area (Å²) in [5.74, 6) is 2.29. The first-order chi connectivity index (χ1) is 13.5. The molecule has 0 radical (unpaired) electrons. The second-order valence-corrected chi connectivity index (χ2v) is 8.63. The maximum atomic E-state index is 12.9. The van der Waals surface area contributed by atoms with Gasteiger partial charge in [-0.15, -0.1) is 0 Å². The summed E-state index contributed by atoms with van der Waals surface area (Å²) in [6.07, 6.45) is 7.00. The van der Waals surface area contributed by atoms with Crippen LogP contribution < -0.4 is 10.1 Å². The maximum absolute atomic E-state index is 12.9. The number of aromatic nitrogens is 1. The number of carbonyl (C=O) groups is 1. The van der Waals surface area contributed by atoms with Gasteiger partial charge < -0.3 is 10.1 Å². The van der Waals surface area contributed by atoms with Crippen LogP contribution in [0.4, 0.5) is 5.82 Å². The molecule has 4 heteroatoms. The number of carbonyl (C=O) groups excluding carboxylic acids is 1. The van der Waals surface area contributed by atoms with Gasteiger partial charge in [0.2, 0.25) is 5.91 Å². The van der Waals surface area contributed by atoms with Crippen molar-refractivity contribution in [3.63, 3.8) is 0 Å². The van der Waals surface area contributed by atoms with E-state index in [1.807, 2.05) is 19.1 Å². The average molecular weight is 379 g/mol. The Labute approximate surface area is 167 Å². The van der Waals surface area contributed by atoms with Gasteiger partial charge in [-0.05, 0) is 75.1 Å². The molecule has 2 heterocycles. The van der Waals surface area contributed by atoms with Crippen LogP contribution in [0.25, 0.3) is 0 Å². The number of hydrogen-bond donors (Lipinski definition) is 1. The molecule has 4 nitrogen and oxygen atoms in total. The molecule has 1 saturated carbocycles. The molecular formula is C24H30N2O2. The molecule has 1 amide bonds. The normalized spacial score (nSPS) is 24.5. The van der Waals surface area contributed by atoms with Crippen LogP contribution in [0.1, 0.15) is 55.7 Å². The quantitative estimate of drug-likeness (QED) is 0.797. The summed E-state index contributed by atoms with van der Waals surface area (Å²) < 4.78 is 6.04. The van der Waals surface area contributed by atoms with E-state index < -0.39 is 0 Å². The van der Waals surface area contributed by atoms with Crippen LogP contribution in [0.5, 0.6) is 5.75 Å². The van der Waals surface area contributed by atoms with Gasteiger partial charge in [0.15, 0.2) is 0 Å². The van der Waals surface area contributed by atoms with Crippen LogP contribution >= 0.6 is 0 Å². The number of anilines is 1. The Bertz CT molecular complexity index is 851. The van der Waals surface area contributed by atoms with Crippen molar-refractivity contribution in [2.75, 3.05) is 11.9 Å². The largest absolute Gasteiger partial charge is 0.492 e. The van der Waals surface area contributed by atoms with Gasteiger partial charge in [-0.2, -0.15) is 0 Å². The molecular weight excluding hydrogens is 348 g/mol.